The van der Waals surface area contributed by atoms with Crippen molar-refractivity contribution in [3.8, 4) is 11.1 Å². The fourth-order valence-corrected chi connectivity index (χ4v) is 4.89. The van der Waals surface area contributed by atoms with Crippen molar-refractivity contribution in [1.29, 1.82) is 0 Å². The lowest BCUT2D eigenvalue weighted by Gasteiger charge is -2.25. The summed E-state index contributed by atoms with van der Waals surface area (Å²) in [4.78, 5) is 15.9. The number of nitrogens with zero attached hydrogens (tertiary/aromatic N) is 2. The summed E-state index contributed by atoms with van der Waals surface area (Å²) in [6, 6.07) is 15.3. The predicted molar refractivity (Wildman–Crippen MR) is 137 cm³/mol. The number of hydrogen-bond donors (Lipinski definition) is 2. The largest absolute Gasteiger partial charge is 0.478 e. The average molecular weight is 513 g/mol. The number of pyridine rings is 1. The zero-order chi connectivity index (χ0) is 25.5. The van der Waals surface area contributed by atoms with Crippen molar-refractivity contribution in [1.82, 2.24) is 4.98 Å². The van der Waals surface area contributed by atoms with Crippen LogP contribution >= 0.6 is 11.6 Å². The van der Waals surface area contributed by atoms with Gasteiger partial charge < -0.3 is 5.11 Å². The number of aromatic nitrogens is 1. The highest BCUT2D eigenvalue weighted by atomic mass is 35.5. The molecular weight excluding hydrogens is 491 g/mol. The normalized spacial score (nSPS) is 11.7. The topological polar surface area (TPSA) is 87.6 Å². The van der Waals surface area contributed by atoms with Gasteiger partial charge in [-0.2, -0.15) is 0 Å². The van der Waals surface area contributed by atoms with Gasteiger partial charge in [0.05, 0.1) is 22.5 Å². The van der Waals surface area contributed by atoms with E-state index < -0.39 is 28.1 Å². The first kappa shape index (κ1) is 24.6. The second-order valence-corrected chi connectivity index (χ2v) is 10.3. The lowest BCUT2D eigenvalue weighted by molar-refractivity contribution is 0.0699. The third-order valence-corrected chi connectivity index (χ3v) is 6.65. The maximum atomic E-state index is 15.0. The number of carboxylic acid groups (broad SMARTS) is 1. The highest BCUT2D eigenvalue weighted by molar-refractivity contribution is 7.74. The van der Waals surface area contributed by atoms with Crippen LogP contribution in [-0.2, 0) is 16.3 Å². The molecule has 0 aliphatic rings. The molecule has 9 heteroatoms. The van der Waals surface area contributed by atoms with Gasteiger partial charge in [0.1, 0.15) is 5.82 Å². The predicted octanol–water partition coefficient (Wildman–Crippen LogP) is 6.35. The molecule has 4 rings (SSSR count). The maximum Gasteiger partial charge on any atom is 0.337 e. The van der Waals surface area contributed by atoms with Crippen LogP contribution in [0.15, 0.2) is 66.9 Å². The van der Waals surface area contributed by atoms with Crippen LogP contribution < -0.4 is 4.31 Å². The third-order valence-electron chi connectivity index (χ3n) is 5.65. The van der Waals surface area contributed by atoms with Crippen LogP contribution in [0.25, 0.3) is 22.0 Å². The molecule has 0 spiro atoms. The highest BCUT2D eigenvalue weighted by Crippen LogP contribution is 2.41. The standard InChI is InChI=1S/C26H22ClFN2O4S/c1-26(2,3)21-10-7-16(14-22(21)28)30(35(33)34)23-11-6-15(27)13-20(23)17-8-9-19(25(31)32)24-18(17)5-4-12-29-24/h4-14,35H,1-3H3,(H,31,32). The van der Waals surface area contributed by atoms with E-state index in [2.05, 4.69) is 4.98 Å². The monoisotopic (exact) mass is 512 g/mol. The van der Waals surface area contributed by atoms with E-state index in [0.29, 0.717) is 27.1 Å². The summed E-state index contributed by atoms with van der Waals surface area (Å²) in [7, 11) is -3.23. The molecule has 1 heterocycles. The summed E-state index contributed by atoms with van der Waals surface area (Å²) < 4.78 is 41.0. The fourth-order valence-electron chi connectivity index (χ4n) is 4.05. The van der Waals surface area contributed by atoms with Crippen molar-refractivity contribution in [3.05, 3.63) is 88.8 Å². The van der Waals surface area contributed by atoms with Gasteiger partial charge in [-0.25, -0.2) is 21.9 Å². The molecule has 6 nitrogen and oxygen atoms in total. The van der Waals surface area contributed by atoms with Gasteiger partial charge in [0.2, 0.25) is 10.9 Å². The van der Waals surface area contributed by atoms with E-state index in [0.717, 1.165) is 4.31 Å². The number of carboxylic acids is 1. The minimum atomic E-state index is -3.23. The molecule has 1 aromatic heterocycles. The third kappa shape index (κ3) is 4.72. The van der Waals surface area contributed by atoms with E-state index in [9.17, 15) is 22.7 Å². The Morgan fingerprint density at radius 2 is 1.77 bits per heavy atom. The van der Waals surface area contributed by atoms with Gasteiger partial charge in [-0.05, 0) is 59.0 Å². The number of fused-ring (bicyclic) bond motifs is 1. The minimum absolute atomic E-state index is 0.0134. The Morgan fingerprint density at radius 1 is 1.03 bits per heavy atom. The number of rotatable bonds is 5. The molecule has 3 aromatic carbocycles. The molecule has 0 aliphatic carbocycles. The summed E-state index contributed by atoms with van der Waals surface area (Å²) >= 11 is 6.29. The Morgan fingerprint density at radius 3 is 2.40 bits per heavy atom. The van der Waals surface area contributed by atoms with Crippen LogP contribution in [0.1, 0.15) is 36.7 Å². The van der Waals surface area contributed by atoms with E-state index >= 15 is 0 Å². The number of aromatic carboxylic acids is 1. The van der Waals surface area contributed by atoms with Crippen molar-refractivity contribution in [2.45, 2.75) is 26.2 Å². The van der Waals surface area contributed by atoms with Gasteiger partial charge in [-0.1, -0.05) is 50.6 Å². The first-order chi connectivity index (χ1) is 16.5. The molecule has 0 amide bonds. The number of anilines is 2. The molecule has 0 radical (unpaired) electrons. The molecule has 4 aromatic rings. The van der Waals surface area contributed by atoms with E-state index in [1.165, 1.54) is 30.5 Å². The van der Waals surface area contributed by atoms with E-state index in [4.69, 9.17) is 11.6 Å². The first-order valence-corrected chi connectivity index (χ1v) is 12.2. The van der Waals surface area contributed by atoms with Crippen molar-refractivity contribution < 1.29 is 22.7 Å². The Kier molecular flexibility index (Phi) is 6.53. The molecule has 0 atom stereocenters. The number of hydrogen-bond acceptors (Lipinski definition) is 4. The van der Waals surface area contributed by atoms with Gasteiger partial charge in [-0.3, -0.25) is 4.98 Å². The van der Waals surface area contributed by atoms with Crippen LogP contribution in [0.2, 0.25) is 5.02 Å². The molecule has 0 unspecified atom stereocenters. The fraction of sp³-hybridized carbons (Fsp3) is 0.154. The summed E-state index contributed by atoms with van der Waals surface area (Å²) in [6.45, 7) is 5.61. The molecule has 35 heavy (non-hydrogen) atoms. The Labute approximate surface area is 208 Å². The molecule has 0 aliphatic heterocycles. The molecule has 0 bridgehead atoms. The van der Waals surface area contributed by atoms with Gasteiger partial charge in [-0.15, -0.1) is 0 Å². The van der Waals surface area contributed by atoms with Crippen LogP contribution in [0, 0.1) is 5.82 Å². The molecule has 180 valence electrons. The van der Waals surface area contributed by atoms with Crippen LogP contribution in [0.3, 0.4) is 0 Å². The van der Waals surface area contributed by atoms with E-state index in [1.807, 2.05) is 20.8 Å². The smallest absolute Gasteiger partial charge is 0.337 e. The van der Waals surface area contributed by atoms with Crippen LogP contribution in [0.4, 0.5) is 15.8 Å². The Bertz CT molecular complexity index is 1540. The second kappa shape index (κ2) is 9.28. The van der Waals surface area contributed by atoms with E-state index in [1.54, 1.807) is 36.4 Å². The number of thiol groups is 1. The van der Waals surface area contributed by atoms with Crippen molar-refractivity contribution in [2.24, 2.45) is 0 Å². The quantitative estimate of drug-likeness (QED) is 0.304. The molecule has 0 saturated carbocycles. The minimum Gasteiger partial charge on any atom is -0.478 e. The molecule has 0 saturated heterocycles. The summed E-state index contributed by atoms with van der Waals surface area (Å²) in [5.41, 5.74) is 1.58. The average Bonchev–Trinajstić information content (AvgIpc) is 2.78. The zero-order valence-corrected chi connectivity index (χ0v) is 20.8. The van der Waals surface area contributed by atoms with E-state index in [-0.39, 0.29) is 22.5 Å². The SMILES string of the molecule is CC(C)(C)c1ccc(N(c2ccc(Cl)cc2-c2ccc(C(=O)O)c3ncccc23)[SH](=O)=O)cc1F. The van der Waals surface area contributed by atoms with Gasteiger partial charge in [0.25, 0.3) is 0 Å². The van der Waals surface area contributed by atoms with Crippen molar-refractivity contribution in [2.75, 3.05) is 4.31 Å². The highest BCUT2D eigenvalue weighted by Gasteiger charge is 2.24. The second-order valence-electron chi connectivity index (χ2n) is 8.99. The molecule has 0 fully saturated rings. The summed E-state index contributed by atoms with van der Waals surface area (Å²) in [5.74, 6) is -1.65. The van der Waals surface area contributed by atoms with Crippen molar-refractivity contribution in [3.63, 3.8) is 0 Å². The van der Waals surface area contributed by atoms with Crippen LogP contribution in [-0.4, -0.2) is 24.5 Å². The van der Waals surface area contributed by atoms with Gasteiger partial charge in [0, 0.05) is 22.2 Å². The zero-order valence-electron chi connectivity index (χ0n) is 19.1. The lowest BCUT2D eigenvalue weighted by atomic mass is 9.86. The number of carbonyl (C=O) groups is 1. The Balaban J connectivity index is 1.98. The van der Waals surface area contributed by atoms with Crippen molar-refractivity contribution >= 4 is 50.7 Å². The first-order valence-electron chi connectivity index (χ1n) is 10.6. The molecular formula is C26H22ClFN2O4S. The molecule has 1 N–H and O–H groups in total. The number of halogens is 2. The summed E-state index contributed by atoms with van der Waals surface area (Å²) in [5, 5.41) is 10.4. The number of benzene rings is 3. The summed E-state index contributed by atoms with van der Waals surface area (Å²) in [6.07, 6.45) is 1.48. The Hall–Kier alpha value is -3.49. The van der Waals surface area contributed by atoms with Crippen LogP contribution in [0.5, 0.6) is 0 Å². The van der Waals surface area contributed by atoms with Gasteiger partial charge >= 0.3 is 5.97 Å². The lowest BCUT2D eigenvalue weighted by Crippen LogP contribution is -2.18. The van der Waals surface area contributed by atoms with Gasteiger partial charge in [0.15, 0.2) is 0 Å². The maximum absolute atomic E-state index is 15.0.